The van der Waals surface area contributed by atoms with Gasteiger partial charge in [0.25, 0.3) is 0 Å². The molecule has 0 spiro atoms. The molecule has 6 heteroatoms. The number of para-hydroxylation sites is 1. The Balaban J connectivity index is 1.69. The van der Waals surface area contributed by atoms with E-state index >= 15 is 0 Å². The normalized spacial score (nSPS) is 15.9. The molecule has 6 nitrogen and oxygen atoms in total. The van der Waals surface area contributed by atoms with Crippen LogP contribution in [-0.2, 0) is 0 Å². The molecular weight excluding hydrogens is 288 g/mol. The SMILES string of the molecule is Cc1cnc(NC2CCCCC2)nc1-n1nnc2ccccc21. The Hall–Kier alpha value is -2.50. The zero-order chi connectivity index (χ0) is 15.6. The van der Waals surface area contributed by atoms with E-state index in [1.807, 2.05) is 37.4 Å². The predicted octanol–water partition coefficient (Wildman–Crippen LogP) is 3.26. The Bertz CT molecular complexity index is 819. The van der Waals surface area contributed by atoms with Crippen molar-refractivity contribution in [1.29, 1.82) is 0 Å². The van der Waals surface area contributed by atoms with Crippen LogP contribution in [0.15, 0.2) is 30.5 Å². The standard InChI is InChI=1S/C17H20N6/c1-12-11-18-17(19-13-7-3-2-4-8-13)20-16(12)23-15-10-6-5-9-14(15)21-22-23/h5-6,9-11,13H,2-4,7-8H2,1H3,(H,18,19,20). The maximum atomic E-state index is 4.70. The first-order valence-electron chi connectivity index (χ1n) is 8.22. The molecule has 23 heavy (non-hydrogen) atoms. The fraction of sp³-hybridized carbons (Fsp3) is 0.412. The second kappa shape index (κ2) is 5.95. The summed E-state index contributed by atoms with van der Waals surface area (Å²) in [5, 5.41) is 12.0. The molecule has 0 unspecified atom stereocenters. The van der Waals surface area contributed by atoms with Gasteiger partial charge in [-0.1, -0.05) is 36.6 Å². The average Bonchev–Trinajstić information content (AvgIpc) is 3.01. The van der Waals surface area contributed by atoms with Crippen molar-refractivity contribution in [2.24, 2.45) is 0 Å². The van der Waals surface area contributed by atoms with E-state index in [-0.39, 0.29) is 0 Å². The maximum absolute atomic E-state index is 4.70. The van der Waals surface area contributed by atoms with Crippen molar-refractivity contribution in [3.8, 4) is 5.82 Å². The summed E-state index contributed by atoms with van der Waals surface area (Å²) in [6.45, 7) is 2.00. The van der Waals surface area contributed by atoms with E-state index in [9.17, 15) is 0 Å². The number of fused-ring (bicyclic) bond motifs is 1. The molecule has 0 aliphatic heterocycles. The zero-order valence-corrected chi connectivity index (χ0v) is 13.2. The van der Waals surface area contributed by atoms with Crippen molar-refractivity contribution in [1.82, 2.24) is 25.0 Å². The van der Waals surface area contributed by atoms with Gasteiger partial charge in [-0.2, -0.15) is 9.67 Å². The first kappa shape index (κ1) is 14.1. The highest BCUT2D eigenvalue weighted by molar-refractivity contribution is 5.75. The minimum absolute atomic E-state index is 0.479. The van der Waals surface area contributed by atoms with Crippen LogP contribution < -0.4 is 5.32 Å². The molecular formula is C17H20N6. The third-order valence-corrected chi connectivity index (χ3v) is 4.44. The zero-order valence-electron chi connectivity index (χ0n) is 13.2. The monoisotopic (exact) mass is 308 g/mol. The largest absolute Gasteiger partial charge is 0.351 e. The van der Waals surface area contributed by atoms with Crippen LogP contribution in [0.25, 0.3) is 16.9 Å². The van der Waals surface area contributed by atoms with Crippen molar-refractivity contribution < 1.29 is 0 Å². The third kappa shape index (κ3) is 2.76. The van der Waals surface area contributed by atoms with Gasteiger partial charge in [-0.05, 0) is 31.9 Å². The van der Waals surface area contributed by atoms with Crippen LogP contribution in [0.1, 0.15) is 37.7 Å². The number of anilines is 1. The molecule has 0 saturated heterocycles. The molecule has 118 valence electrons. The highest BCUT2D eigenvalue weighted by Crippen LogP contribution is 2.22. The van der Waals surface area contributed by atoms with Gasteiger partial charge in [-0.3, -0.25) is 0 Å². The number of nitrogens with one attached hydrogen (secondary N) is 1. The molecule has 0 atom stereocenters. The number of aryl methyl sites for hydroxylation is 1. The minimum Gasteiger partial charge on any atom is -0.351 e. The molecule has 2 heterocycles. The topological polar surface area (TPSA) is 68.5 Å². The van der Waals surface area contributed by atoms with E-state index < -0.39 is 0 Å². The van der Waals surface area contributed by atoms with E-state index in [1.165, 1.54) is 32.1 Å². The number of hydrogen-bond acceptors (Lipinski definition) is 5. The molecule has 1 aliphatic rings. The van der Waals surface area contributed by atoms with Crippen molar-refractivity contribution in [3.05, 3.63) is 36.0 Å². The first-order chi connectivity index (χ1) is 11.3. The van der Waals surface area contributed by atoms with Gasteiger partial charge in [0, 0.05) is 17.8 Å². The number of hydrogen-bond donors (Lipinski definition) is 1. The first-order valence-corrected chi connectivity index (χ1v) is 8.22. The Kier molecular flexibility index (Phi) is 3.65. The molecule has 4 rings (SSSR count). The van der Waals surface area contributed by atoms with Gasteiger partial charge in [0.2, 0.25) is 5.95 Å². The van der Waals surface area contributed by atoms with Crippen LogP contribution in [0.4, 0.5) is 5.95 Å². The summed E-state index contributed by atoms with van der Waals surface area (Å²) in [6.07, 6.45) is 8.14. The van der Waals surface area contributed by atoms with Gasteiger partial charge in [-0.25, -0.2) is 4.98 Å². The Morgan fingerprint density at radius 2 is 1.96 bits per heavy atom. The summed E-state index contributed by atoms with van der Waals surface area (Å²) in [7, 11) is 0. The van der Waals surface area contributed by atoms with Crippen molar-refractivity contribution in [2.75, 3.05) is 5.32 Å². The van der Waals surface area contributed by atoms with Gasteiger partial charge in [0.1, 0.15) is 5.52 Å². The molecule has 1 aliphatic carbocycles. The summed E-state index contributed by atoms with van der Waals surface area (Å²) >= 11 is 0. The van der Waals surface area contributed by atoms with Gasteiger partial charge in [-0.15, -0.1) is 5.10 Å². The van der Waals surface area contributed by atoms with Crippen LogP contribution in [0, 0.1) is 6.92 Å². The van der Waals surface area contributed by atoms with Crippen LogP contribution in [0.5, 0.6) is 0 Å². The molecule has 1 saturated carbocycles. The number of benzene rings is 1. The molecule has 1 fully saturated rings. The van der Waals surface area contributed by atoms with Gasteiger partial charge < -0.3 is 5.32 Å². The van der Waals surface area contributed by atoms with E-state index in [0.29, 0.717) is 12.0 Å². The van der Waals surface area contributed by atoms with Crippen LogP contribution in [0.2, 0.25) is 0 Å². The van der Waals surface area contributed by atoms with Gasteiger partial charge in [0.15, 0.2) is 5.82 Å². The molecule has 0 radical (unpaired) electrons. The fourth-order valence-corrected chi connectivity index (χ4v) is 3.17. The lowest BCUT2D eigenvalue weighted by atomic mass is 9.96. The number of nitrogens with zero attached hydrogens (tertiary/aromatic N) is 5. The van der Waals surface area contributed by atoms with Crippen LogP contribution in [-0.4, -0.2) is 31.0 Å². The molecule has 1 aromatic carbocycles. The van der Waals surface area contributed by atoms with E-state index in [2.05, 4.69) is 20.6 Å². The highest BCUT2D eigenvalue weighted by Gasteiger charge is 2.16. The highest BCUT2D eigenvalue weighted by atomic mass is 15.4. The average molecular weight is 308 g/mol. The summed E-state index contributed by atoms with van der Waals surface area (Å²) in [5.41, 5.74) is 2.81. The Labute approximate surface area is 135 Å². The second-order valence-electron chi connectivity index (χ2n) is 6.17. The summed E-state index contributed by atoms with van der Waals surface area (Å²) < 4.78 is 1.79. The molecule has 1 N–H and O–H groups in total. The molecule has 0 amide bonds. The van der Waals surface area contributed by atoms with Crippen LogP contribution in [0.3, 0.4) is 0 Å². The predicted molar refractivity (Wildman–Crippen MR) is 89.7 cm³/mol. The molecule has 0 bridgehead atoms. The Morgan fingerprint density at radius 1 is 1.13 bits per heavy atom. The van der Waals surface area contributed by atoms with Crippen molar-refractivity contribution >= 4 is 17.0 Å². The fourth-order valence-electron chi connectivity index (χ4n) is 3.17. The number of rotatable bonds is 3. The summed E-state index contributed by atoms with van der Waals surface area (Å²) in [4.78, 5) is 9.14. The van der Waals surface area contributed by atoms with Gasteiger partial charge >= 0.3 is 0 Å². The minimum atomic E-state index is 0.479. The number of aromatic nitrogens is 5. The third-order valence-electron chi connectivity index (χ3n) is 4.44. The summed E-state index contributed by atoms with van der Waals surface area (Å²) in [6, 6.07) is 8.39. The van der Waals surface area contributed by atoms with Crippen LogP contribution >= 0.6 is 0 Å². The lowest BCUT2D eigenvalue weighted by Gasteiger charge is -2.22. The maximum Gasteiger partial charge on any atom is 0.224 e. The van der Waals surface area contributed by atoms with Gasteiger partial charge in [0.05, 0.1) is 5.52 Å². The molecule has 2 aromatic heterocycles. The summed E-state index contributed by atoms with van der Waals surface area (Å²) in [5.74, 6) is 1.46. The second-order valence-corrected chi connectivity index (χ2v) is 6.17. The lowest BCUT2D eigenvalue weighted by Crippen LogP contribution is -2.24. The smallest absolute Gasteiger partial charge is 0.224 e. The Morgan fingerprint density at radius 3 is 2.83 bits per heavy atom. The van der Waals surface area contributed by atoms with Crippen molar-refractivity contribution in [2.45, 2.75) is 45.1 Å². The van der Waals surface area contributed by atoms with Crippen molar-refractivity contribution in [3.63, 3.8) is 0 Å². The quantitative estimate of drug-likeness (QED) is 0.804. The van der Waals surface area contributed by atoms with E-state index in [4.69, 9.17) is 4.98 Å². The van der Waals surface area contributed by atoms with E-state index in [0.717, 1.165) is 22.4 Å². The lowest BCUT2D eigenvalue weighted by molar-refractivity contribution is 0.460. The van der Waals surface area contributed by atoms with E-state index in [1.54, 1.807) is 4.68 Å². The molecule has 3 aromatic rings.